The molecule has 96 valence electrons. The van der Waals surface area contributed by atoms with Crippen molar-refractivity contribution in [2.45, 2.75) is 19.0 Å². The van der Waals surface area contributed by atoms with Gasteiger partial charge >= 0.3 is 12.4 Å². The second-order valence-electron chi connectivity index (χ2n) is 3.11. The molecule has 0 saturated carbocycles. The minimum Gasteiger partial charge on any atom is -0.392 e. The molecule has 1 aromatic carbocycles. The Morgan fingerprint density at radius 3 is 1.82 bits per heavy atom. The highest BCUT2D eigenvalue weighted by molar-refractivity contribution is 5.37. The van der Waals surface area contributed by atoms with E-state index < -0.39 is 41.5 Å². The van der Waals surface area contributed by atoms with Gasteiger partial charge in [-0.1, -0.05) is 6.07 Å². The van der Waals surface area contributed by atoms with Gasteiger partial charge in [0.25, 0.3) is 0 Å². The van der Waals surface area contributed by atoms with Gasteiger partial charge in [0.05, 0.1) is 12.2 Å². The Balaban J connectivity index is 3.59. The Kier molecular flexibility index (Phi) is 3.37. The first-order valence-electron chi connectivity index (χ1n) is 4.15. The largest absolute Gasteiger partial charge is 0.419 e. The third-order valence-electron chi connectivity index (χ3n) is 1.98. The van der Waals surface area contributed by atoms with Crippen molar-refractivity contribution in [2.75, 3.05) is 0 Å². The monoisotopic (exact) mass is 262 g/mol. The molecule has 1 aromatic rings. The topological polar surface area (TPSA) is 20.2 Å². The van der Waals surface area contributed by atoms with Crippen LogP contribution in [-0.4, -0.2) is 5.11 Å². The highest BCUT2D eigenvalue weighted by Gasteiger charge is 2.45. The van der Waals surface area contributed by atoms with Gasteiger partial charge < -0.3 is 5.11 Å². The Morgan fingerprint density at radius 2 is 1.47 bits per heavy atom. The van der Waals surface area contributed by atoms with Crippen LogP contribution >= 0.6 is 0 Å². The SMILES string of the molecule is OCc1ccc(C(F)(F)F)c(C(F)(F)F)c1F. The summed E-state index contributed by atoms with van der Waals surface area (Å²) in [6, 6.07) is 0.560. The highest BCUT2D eigenvalue weighted by Crippen LogP contribution is 2.42. The van der Waals surface area contributed by atoms with Crippen LogP contribution in [0.15, 0.2) is 12.1 Å². The molecule has 0 aliphatic heterocycles. The van der Waals surface area contributed by atoms with E-state index in [9.17, 15) is 30.7 Å². The summed E-state index contributed by atoms with van der Waals surface area (Å²) in [4.78, 5) is 0. The molecular formula is C9H5F7O. The molecule has 1 rings (SSSR count). The number of alkyl halides is 6. The smallest absolute Gasteiger partial charge is 0.392 e. The third-order valence-corrected chi connectivity index (χ3v) is 1.98. The van der Waals surface area contributed by atoms with E-state index in [1.54, 1.807) is 0 Å². The summed E-state index contributed by atoms with van der Waals surface area (Å²) in [5.41, 5.74) is -5.36. The Hall–Kier alpha value is -1.31. The highest BCUT2D eigenvalue weighted by atomic mass is 19.4. The summed E-state index contributed by atoms with van der Waals surface area (Å²) in [5, 5.41) is 8.51. The third kappa shape index (κ3) is 2.68. The summed E-state index contributed by atoms with van der Waals surface area (Å²) in [6.45, 7) is -1.12. The van der Waals surface area contributed by atoms with Crippen LogP contribution in [-0.2, 0) is 19.0 Å². The molecule has 0 unspecified atom stereocenters. The van der Waals surface area contributed by atoms with Crippen molar-refractivity contribution < 1.29 is 35.8 Å². The van der Waals surface area contributed by atoms with Gasteiger partial charge in [0.2, 0.25) is 0 Å². The minimum atomic E-state index is -5.49. The molecule has 0 fully saturated rings. The lowest BCUT2D eigenvalue weighted by Crippen LogP contribution is -2.19. The molecule has 0 saturated heterocycles. The van der Waals surface area contributed by atoms with Crippen LogP contribution < -0.4 is 0 Å². The van der Waals surface area contributed by atoms with E-state index in [1.165, 1.54) is 0 Å². The first kappa shape index (κ1) is 13.8. The molecule has 0 spiro atoms. The average Bonchev–Trinajstić information content (AvgIpc) is 2.13. The molecule has 17 heavy (non-hydrogen) atoms. The Morgan fingerprint density at radius 1 is 0.941 bits per heavy atom. The van der Waals surface area contributed by atoms with Crippen LogP contribution in [0.25, 0.3) is 0 Å². The van der Waals surface area contributed by atoms with Gasteiger partial charge in [-0.3, -0.25) is 0 Å². The summed E-state index contributed by atoms with van der Waals surface area (Å²) >= 11 is 0. The van der Waals surface area contributed by atoms with E-state index >= 15 is 0 Å². The van der Waals surface area contributed by atoms with Crippen LogP contribution in [0.5, 0.6) is 0 Å². The van der Waals surface area contributed by atoms with Gasteiger partial charge in [-0.25, -0.2) is 4.39 Å². The lowest BCUT2D eigenvalue weighted by molar-refractivity contribution is -0.164. The Labute approximate surface area is 90.5 Å². The fourth-order valence-electron chi connectivity index (χ4n) is 1.25. The van der Waals surface area contributed by atoms with Crippen LogP contribution in [0, 0.1) is 5.82 Å². The molecule has 0 radical (unpaired) electrons. The number of halogens is 7. The summed E-state index contributed by atoms with van der Waals surface area (Å²) in [7, 11) is 0. The van der Waals surface area contributed by atoms with Gasteiger partial charge in [-0.05, 0) is 6.07 Å². The van der Waals surface area contributed by atoms with E-state index in [-0.39, 0.29) is 6.07 Å². The van der Waals surface area contributed by atoms with Crippen molar-refractivity contribution in [1.29, 1.82) is 0 Å². The van der Waals surface area contributed by atoms with E-state index in [4.69, 9.17) is 5.11 Å². The number of hydrogen-bond acceptors (Lipinski definition) is 1. The van der Waals surface area contributed by atoms with Crippen molar-refractivity contribution in [1.82, 2.24) is 0 Å². The van der Waals surface area contributed by atoms with E-state index in [0.29, 0.717) is 6.07 Å². The van der Waals surface area contributed by atoms with E-state index in [0.717, 1.165) is 0 Å². The summed E-state index contributed by atoms with van der Waals surface area (Å²) < 4.78 is 87.0. The molecule has 0 amide bonds. The molecule has 0 aliphatic carbocycles. The zero-order chi connectivity index (χ0) is 13.4. The van der Waals surface area contributed by atoms with E-state index in [1.807, 2.05) is 0 Å². The lowest BCUT2D eigenvalue weighted by atomic mass is 10.0. The van der Waals surface area contributed by atoms with Crippen LogP contribution in [0.1, 0.15) is 16.7 Å². The van der Waals surface area contributed by atoms with Crippen LogP contribution in [0.2, 0.25) is 0 Å². The van der Waals surface area contributed by atoms with Gasteiger partial charge in [0, 0.05) is 5.56 Å². The summed E-state index contributed by atoms with van der Waals surface area (Å²) in [5.74, 6) is -2.10. The molecule has 0 aliphatic rings. The molecular weight excluding hydrogens is 257 g/mol. The maximum absolute atomic E-state index is 13.2. The molecule has 1 N–H and O–H groups in total. The van der Waals surface area contributed by atoms with Crippen LogP contribution in [0.3, 0.4) is 0 Å². The molecule has 0 aromatic heterocycles. The maximum Gasteiger partial charge on any atom is 0.419 e. The van der Waals surface area contributed by atoms with Crippen LogP contribution in [0.4, 0.5) is 30.7 Å². The van der Waals surface area contributed by atoms with Crippen molar-refractivity contribution in [2.24, 2.45) is 0 Å². The molecule has 0 bridgehead atoms. The number of hydrogen-bond donors (Lipinski definition) is 1. The second-order valence-corrected chi connectivity index (χ2v) is 3.11. The summed E-state index contributed by atoms with van der Waals surface area (Å²) in [6.07, 6.45) is -10.8. The van der Waals surface area contributed by atoms with Crippen molar-refractivity contribution in [3.05, 3.63) is 34.6 Å². The first-order valence-corrected chi connectivity index (χ1v) is 4.15. The number of aliphatic hydroxyl groups excluding tert-OH is 1. The number of rotatable bonds is 1. The van der Waals surface area contributed by atoms with Gasteiger partial charge in [0.1, 0.15) is 11.4 Å². The zero-order valence-electron chi connectivity index (χ0n) is 7.95. The van der Waals surface area contributed by atoms with Gasteiger partial charge in [-0.15, -0.1) is 0 Å². The molecule has 0 heterocycles. The normalized spacial score (nSPS) is 12.9. The number of aliphatic hydroxyl groups is 1. The Bertz CT molecular complexity index is 419. The predicted octanol–water partition coefficient (Wildman–Crippen LogP) is 3.36. The first-order chi connectivity index (χ1) is 7.59. The lowest BCUT2D eigenvalue weighted by Gasteiger charge is -2.17. The van der Waals surface area contributed by atoms with Gasteiger partial charge in [0.15, 0.2) is 0 Å². The quantitative estimate of drug-likeness (QED) is 0.769. The fraction of sp³-hybridized carbons (Fsp3) is 0.333. The molecule has 0 atom stereocenters. The zero-order valence-corrected chi connectivity index (χ0v) is 7.95. The second kappa shape index (κ2) is 4.17. The van der Waals surface area contributed by atoms with Gasteiger partial charge in [-0.2, -0.15) is 26.3 Å². The van der Waals surface area contributed by atoms with Crippen molar-refractivity contribution >= 4 is 0 Å². The number of benzene rings is 1. The maximum atomic E-state index is 13.2. The standard InChI is InChI=1S/C9H5F7O/c10-7-4(3-17)1-2-5(8(11,12)13)6(7)9(14,15)16/h1-2,17H,3H2. The van der Waals surface area contributed by atoms with Crippen molar-refractivity contribution in [3.8, 4) is 0 Å². The van der Waals surface area contributed by atoms with E-state index in [2.05, 4.69) is 0 Å². The molecule has 1 nitrogen and oxygen atoms in total. The molecule has 8 heteroatoms. The predicted molar refractivity (Wildman–Crippen MR) is 42.3 cm³/mol. The minimum absolute atomic E-state index is 0.0947. The average molecular weight is 262 g/mol. The van der Waals surface area contributed by atoms with Crippen molar-refractivity contribution in [3.63, 3.8) is 0 Å². The fourth-order valence-corrected chi connectivity index (χ4v) is 1.25.